The number of phosphoric acid groups is 1. The molecule has 1 aliphatic rings. The average Bonchev–Trinajstić information content (AvgIpc) is 2.48. The molecule has 11 heteroatoms. The van der Waals surface area contributed by atoms with Crippen LogP contribution in [-0.2, 0) is 37.3 Å². The molecule has 1 aliphatic heterocycles. The van der Waals surface area contributed by atoms with Crippen molar-refractivity contribution in [2.45, 2.75) is 47.1 Å². The van der Waals surface area contributed by atoms with Gasteiger partial charge in [-0.05, 0) is 20.8 Å². The summed E-state index contributed by atoms with van der Waals surface area (Å²) in [7, 11) is -4.12. The summed E-state index contributed by atoms with van der Waals surface area (Å²) in [6, 6.07) is 0. The highest BCUT2D eigenvalue weighted by Gasteiger charge is 2.49. The minimum absolute atomic E-state index is 0.0979. The van der Waals surface area contributed by atoms with Crippen molar-refractivity contribution < 1.29 is 42.4 Å². The summed E-state index contributed by atoms with van der Waals surface area (Å²) < 4.78 is 32.7. The molecule has 26 heavy (non-hydrogen) atoms. The summed E-state index contributed by atoms with van der Waals surface area (Å²) >= 11 is 0. The van der Waals surface area contributed by atoms with Crippen LogP contribution in [0.2, 0.25) is 0 Å². The van der Waals surface area contributed by atoms with Gasteiger partial charge in [0.1, 0.15) is 0 Å². The van der Waals surface area contributed by atoms with Crippen molar-refractivity contribution in [1.82, 2.24) is 5.32 Å². The third kappa shape index (κ3) is 6.68. The fourth-order valence-electron chi connectivity index (χ4n) is 1.84. The van der Waals surface area contributed by atoms with Crippen molar-refractivity contribution in [3.05, 3.63) is 0 Å². The first-order valence-corrected chi connectivity index (χ1v) is 9.47. The third-order valence-corrected chi connectivity index (χ3v) is 4.76. The summed E-state index contributed by atoms with van der Waals surface area (Å²) in [5.74, 6) is -2.26. The van der Waals surface area contributed by atoms with Crippen molar-refractivity contribution in [2.24, 2.45) is 10.8 Å². The van der Waals surface area contributed by atoms with E-state index in [1.165, 1.54) is 0 Å². The van der Waals surface area contributed by atoms with E-state index in [9.17, 15) is 18.9 Å². The summed E-state index contributed by atoms with van der Waals surface area (Å²) in [4.78, 5) is 34.4. The van der Waals surface area contributed by atoms with E-state index in [1.807, 2.05) is 0 Å². The topological polar surface area (TPSA) is 137 Å². The molecule has 1 amide bonds. The molecule has 2 atom stereocenters. The first-order chi connectivity index (χ1) is 11.8. The van der Waals surface area contributed by atoms with E-state index in [0.29, 0.717) is 0 Å². The number of nitrogens with one attached hydrogen (secondary N) is 1. The second-order valence-electron chi connectivity index (χ2n) is 7.56. The van der Waals surface area contributed by atoms with Crippen molar-refractivity contribution in [1.29, 1.82) is 0 Å². The van der Waals surface area contributed by atoms with Gasteiger partial charge in [0, 0.05) is 12.0 Å². The predicted octanol–water partition coefficient (Wildman–Crippen LogP) is 1.69. The van der Waals surface area contributed by atoms with E-state index in [1.54, 1.807) is 34.6 Å². The summed E-state index contributed by atoms with van der Waals surface area (Å²) in [6.07, 6.45) is -1.44. The largest absolute Gasteiger partial charge is 0.481 e. The Morgan fingerprint density at radius 1 is 1.31 bits per heavy atom. The maximum absolute atomic E-state index is 12.5. The summed E-state index contributed by atoms with van der Waals surface area (Å²) in [5.41, 5.74) is -1.59. The van der Waals surface area contributed by atoms with Crippen LogP contribution in [-0.4, -0.2) is 49.0 Å². The number of aliphatic carboxylic acids is 1. The molecule has 1 fully saturated rings. The Labute approximate surface area is 152 Å². The molecule has 0 aromatic heterocycles. The summed E-state index contributed by atoms with van der Waals surface area (Å²) in [5, 5.41) is 11.0. The molecule has 1 rings (SSSR count). The van der Waals surface area contributed by atoms with Gasteiger partial charge in [-0.3, -0.25) is 23.4 Å². The van der Waals surface area contributed by atoms with Gasteiger partial charge in [-0.2, -0.15) is 0 Å². The number of hydrogen-bond donors (Lipinski definition) is 2. The van der Waals surface area contributed by atoms with Gasteiger partial charge in [0.05, 0.1) is 18.4 Å². The van der Waals surface area contributed by atoms with E-state index in [0.717, 1.165) is 0 Å². The molecule has 0 aliphatic carbocycles. The molecule has 0 bridgehead atoms. The van der Waals surface area contributed by atoms with Crippen molar-refractivity contribution in [2.75, 3.05) is 19.9 Å². The molecular weight excluding hydrogens is 369 g/mol. The van der Waals surface area contributed by atoms with E-state index in [4.69, 9.17) is 23.4 Å². The lowest BCUT2D eigenvalue weighted by molar-refractivity contribution is -0.163. The molecule has 0 saturated carbocycles. The number of amides is 1. The van der Waals surface area contributed by atoms with Gasteiger partial charge in [-0.25, -0.2) is 9.09 Å². The van der Waals surface area contributed by atoms with Crippen LogP contribution in [0.5, 0.6) is 0 Å². The lowest BCUT2D eigenvalue weighted by atomic mass is 9.87. The first kappa shape index (κ1) is 22.6. The van der Waals surface area contributed by atoms with Crippen molar-refractivity contribution >= 4 is 25.7 Å². The standard InChI is InChI=1S/C15H26NO9P/c1-14(2,3)13(20)22-9-24-26(21)23-8-15(4,5)11(25-26)12(19)16-7-6-10(17)18/h11H,6-9H2,1-5H3,(H,16,19)(H,17,18)/t11-,26?/m0/s1. The number of carbonyl (C=O) groups is 3. The average molecular weight is 395 g/mol. The maximum Gasteiger partial charge on any atom is 0.478 e. The zero-order chi connectivity index (χ0) is 20.2. The Bertz CT molecular complexity index is 596. The number of carboxylic acid groups (broad SMARTS) is 1. The molecule has 1 heterocycles. The number of esters is 1. The number of carbonyl (C=O) groups excluding carboxylic acids is 2. The van der Waals surface area contributed by atoms with Crippen LogP contribution < -0.4 is 5.32 Å². The predicted molar refractivity (Wildman–Crippen MR) is 89.0 cm³/mol. The van der Waals surface area contributed by atoms with Crippen LogP contribution in [0, 0.1) is 10.8 Å². The van der Waals surface area contributed by atoms with Gasteiger partial charge >= 0.3 is 19.8 Å². The molecule has 0 aromatic rings. The third-order valence-electron chi connectivity index (χ3n) is 3.43. The first-order valence-electron chi connectivity index (χ1n) is 8.01. The molecule has 0 aromatic carbocycles. The smallest absolute Gasteiger partial charge is 0.478 e. The van der Waals surface area contributed by atoms with Crippen LogP contribution >= 0.6 is 7.82 Å². The van der Waals surface area contributed by atoms with E-state index in [-0.39, 0.29) is 19.6 Å². The fourth-order valence-corrected chi connectivity index (χ4v) is 3.35. The van der Waals surface area contributed by atoms with E-state index in [2.05, 4.69) is 5.32 Å². The number of phosphoric ester groups is 1. The van der Waals surface area contributed by atoms with Gasteiger partial charge in [0.15, 0.2) is 6.10 Å². The molecule has 1 saturated heterocycles. The van der Waals surface area contributed by atoms with Gasteiger partial charge < -0.3 is 15.2 Å². The zero-order valence-corrected chi connectivity index (χ0v) is 16.5. The fraction of sp³-hybridized carbons (Fsp3) is 0.800. The molecule has 150 valence electrons. The highest BCUT2D eigenvalue weighted by atomic mass is 31.2. The highest BCUT2D eigenvalue weighted by Crippen LogP contribution is 2.57. The van der Waals surface area contributed by atoms with Gasteiger partial charge in [0.25, 0.3) is 0 Å². The number of carboxylic acids is 1. The molecule has 10 nitrogen and oxygen atoms in total. The van der Waals surface area contributed by atoms with Crippen molar-refractivity contribution in [3.8, 4) is 0 Å². The molecule has 0 spiro atoms. The van der Waals surface area contributed by atoms with Crippen molar-refractivity contribution in [3.63, 3.8) is 0 Å². The zero-order valence-electron chi connectivity index (χ0n) is 15.6. The Kier molecular flexibility index (Phi) is 7.35. The summed E-state index contributed by atoms with van der Waals surface area (Å²) in [6.45, 7) is 7.41. The SMILES string of the molecule is CC(C)(C)C(=O)OCOP1(=O)OCC(C)(C)[C@H](C(=O)NCCC(=O)O)O1. The molecule has 2 N–H and O–H groups in total. The number of rotatable bonds is 7. The van der Waals surface area contributed by atoms with Crippen LogP contribution in [0.3, 0.4) is 0 Å². The Balaban J connectivity index is 2.66. The van der Waals surface area contributed by atoms with Gasteiger partial charge in [-0.15, -0.1) is 0 Å². The number of hydrogen-bond acceptors (Lipinski definition) is 8. The van der Waals surface area contributed by atoms with Crippen LogP contribution in [0.1, 0.15) is 41.0 Å². The Morgan fingerprint density at radius 2 is 1.92 bits per heavy atom. The second kappa shape index (κ2) is 8.47. The quantitative estimate of drug-likeness (QED) is 0.375. The minimum atomic E-state index is -4.12. The number of ether oxygens (including phenoxy) is 1. The minimum Gasteiger partial charge on any atom is -0.481 e. The molecule has 0 radical (unpaired) electrons. The lowest BCUT2D eigenvalue weighted by Crippen LogP contribution is -2.50. The second-order valence-corrected chi connectivity index (χ2v) is 9.18. The Hall–Kier alpha value is -1.48. The van der Waals surface area contributed by atoms with Crippen LogP contribution in [0.4, 0.5) is 0 Å². The monoisotopic (exact) mass is 395 g/mol. The normalized spacial score (nSPS) is 25.3. The lowest BCUT2D eigenvalue weighted by Gasteiger charge is -2.39. The van der Waals surface area contributed by atoms with E-state index >= 15 is 0 Å². The Morgan fingerprint density at radius 3 is 2.46 bits per heavy atom. The van der Waals surface area contributed by atoms with Gasteiger partial charge in [0.2, 0.25) is 12.7 Å². The van der Waals surface area contributed by atoms with Crippen LogP contribution in [0.15, 0.2) is 0 Å². The molecular formula is C15H26NO9P. The van der Waals surface area contributed by atoms with Crippen LogP contribution in [0.25, 0.3) is 0 Å². The highest BCUT2D eigenvalue weighted by molar-refractivity contribution is 7.48. The molecule has 1 unspecified atom stereocenters. The maximum atomic E-state index is 12.5. The van der Waals surface area contributed by atoms with E-state index < -0.39 is 49.4 Å². The van der Waals surface area contributed by atoms with Gasteiger partial charge in [-0.1, -0.05) is 13.8 Å².